The lowest BCUT2D eigenvalue weighted by Gasteiger charge is -2.39. The van der Waals surface area contributed by atoms with Gasteiger partial charge < -0.3 is 19.5 Å². The molecule has 1 atom stereocenters. The molecule has 4 rings (SSSR count). The first-order chi connectivity index (χ1) is 15.2. The molecule has 3 heterocycles. The third-order valence-corrected chi connectivity index (χ3v) is 7.05. The lowest BCUT2D eigenvalue weighted by atomic mass is 9.89. The monoisotopic (exact) mass is 442 g/mol. The smallest absolute Gasteiger partial charge is 0.410 e. The Kier molecular flexibility index (Phi) is 6.65. The van der Waals surface area contributed by atoms with E-state index in [0.717, 1.165) is 62.9 Å². The van der Waals surface area contributed by atoms with E-state index < -0.39 is 5.60 Å². The van der Waals surface area contributed by atoms with Gasteiger partial charge in [-0.05, 0) is 77.8 Å². The fraction of sp³-hybridized carbons (Fsp3) is 0.680. The molecule has 176 valence electrons. The first-order valence-corrected chi connectivity index (χ1v) is 12.1. The molecule has 1 N–H and O–H groups in total. The van der Waals surface area contributed by atoms with Crippen molar-refractivity contribution in [2.45, 2.75) is 77.5 Å². The number of likely N-dealkylation sites (tertiary alicyclic amines) is 2. The number of hydrogen-bond donors (Lipinski definition) is 1. The molecule has 1 aromatic heterocycles. The summed E-state index contributed by atoms with van der Waals surface area (Å²) in [6, 6.07) is 8.75. The fourth-order valence-corrected chi connectivity index (χ4v) is 5.33. The van der Waals surface area contributed by atoms with Crippen molar-refractivity contribution in [3.05, 3.63) is 34.7 Å². The molecule has 1 amide bonds. The maximum absolute atomic E-state index is 12.5. The third kappa shape index (κ3) is 5.20. The van der Waals surface area contributed by atoms with E-state index in [2.05, 4.69) is 16.8 Å². The number of nitrogens with zero attached hydrogens (tertiary/aromatic N) is 3. The number of amides is 1. The van der Waals surface area contributed by atoms with Crippen molar-refractivity contribution in [2.24, 2.45) is 5.92 Å². The van der Waals surface area contributed by atoms with Crippen molar-refractivity contribution in [1.82, 2.24) is 19.4 Å². The van der Waals surface area contributed by atoms with Crippen LogP contribution in [-0.4, -0.2) is 63.3 Å². The van der Waals surface area contributed by atoms with Crippen LogP contribution in [0.15, 0.2) is 29.1 Å². The number of aromatic amines is 1. The molecule has 0 radical (unpaired) electrons. The van der Waals surface area contributed by atoms with Gasteiger partial charge in [0.1, 0.15) is 5.60 Å². The molecule has 2 fully saturated rings. The van der Waals surface area contributed by atoms with E-state index in [-0.39, 0.29) is 17.8 Å². The van der Waals surface area contributed by atoms with Crippen LogP contribution in [0.1, 0.15) is 65.8 Å². The molecule has 7 heteroatoms. The number of carbonyl (C=O) groups is 1. The molecule has 2 aliphatic rings. The van der Waals surface area contributed by atoms with Crippen molar-refractivity contribution in [3.8, 4) is 0 Å². The highest BCUT2D eigenvalue weighted by molar-refractivity contribution is 5.75. The average molecular weight is 443 g/mol. The molecule has 7 nitrogen and oxygen atoms in total. The second-order valence-electron chi connectivity index (χ2n) is 10.6. The second-order valence-corrected chi connectivity index (χ2v) is 10.6. The molecular formula is C25H38N4O3. The highest BCUT2D eigenvalue weighted by atomic mass is 16.6. The van der Waals surface area contributed by atoms with E-state index >= 15 is 0 Å². The van der Waals surface area contributed by atoms with Crippen LogP contribution in [0.2, 0.25) is 0 Å². The topological polar surface area (TPSA) is 70.6 Å². The van der Waals surface area contributed by atoms with Gasteiger partial charge in [-0.2, -0.15) is 0 Å². The van der Waals surface area contributed by atoms with Crippen molar-refractivity contribution in [2.75, 3.05) is 26.2 Å². The number of rotatable bonds is 4. The Labute approximate surface area is 190 Å². The van der Waals surface area contributed by atoms with Gasteiger partial charge in [0.05, 0.1) is 11.0 Å². The molecule has 2 aliphatic heterocycles. The Bertz CT molecular complexity index is 973. The van der Waals surface area contributed by atoms with Gasteiger partial charge in [-0.1, -0.05) is 12.1 Å². The molecule has 0 saturated carbocycles. The summed E-state index contributed by atoms with van der Waals surface area (Å²) >= 11 is 0. The first-order valence-electron chi connectivity index (χ1n) is 12.1. The van der Waals surface area contributed by atoms with E-state index in [9.17, 15) is 9.59 Å². The molecule has 0 spiro atoms. The molecule has 2 aromatic rings. The van der Waals surface area contributed by atoms with Gasteiger partial charge in [-0.15, -0.1) is 0 Å². The van der Waals surface area contributed by atoms with Gasteiger partial charge in [-0.25, -0.2) is 9.59 Å². The third-order valence-electron chi connectivity index (χ3n) is 7.05. The zero-order valence-corrected chi connectivity index (χ0v) is 20.0. The van der Waals surface area contributed by atoms with Crippen LogP contribution in [0.5, 0.6) is 0 Å². The maximum Gasteiger partial charge on any atom is 0.410 e. The van der Waals surface area contributed by atoms with Crippen molar-refractivity contribution >= 4 is 17.1 Å². The molecule has 0 bridgehead atoms. The highest BCUT2D eigenvalue weighted by Gasteiger charge is 2.30. The number of aromatic nitrogens is 2. The van der Waals surface area contributed by atoms with Crippen LogP contribution in [-0.2, 0) is 4.74 Å². The summed E-state index contributed by atoms with van der Waals surface area (Å²) in [5.41, 5.74) is 1.51. The molecule has 32 heavy (non-hydrogen) atoms. The van der Waals surface area contributed by atoms with Crippen LogP contribution < -0.4 is 5.69 Å². The minimum absolute atomic E-state index is 0.00875. The van der Waals surface area contributed by atoms with Crippen LogP contribution >= 0.6 is 0 Å². The maximum atomic E-state index is 12.5. The lowest BCUT2D eigenvalue weighted by Crippen LogP contribution is -2.44. The SMILES string of the molecule is CC(CC1CCN(C(=O)OC(C)(C)C)CC1)N1CCC(n2c(=O)[nH]c3ccccc32)CC1. The Hall–Kier alpha value is -2.28. The van der Waals surface area contributed by atoms with E-state index in [1.165, 1.54) is 6.42 Å². The van der Waals surface area contributed by atoms with E-state index in [1.54, 1.807) is 0 Å². The fourth-order valence-electron chi connectivity index (χ4n) is 5.33. The summed E-state index contributed by atoms with van der Waals surface area (Å²) in [4.78, 5) is 32.2. The molecular weight excluding hydrogens is 404 g/mol. The summed E-state index contributed by atoms with van der Waals surface area (Å²) in [6.07, 6.45) is 5.08. The second kappa shape index (κ2) is 9.30. The summed E-state index contributed by atoms with van der Waals surface area (Å²) in [7, 11) is 0. The number of ether oxygens (including phenoxy) is 1. The van der Waals surface area contributed by atoms with Crippen molar-refractivity contribution in [1.29, 1.82) is 0 Å². The van der Waals surface area contributed by atoms with Crippen LogP contribution in [0.25, 0.3) is 11.0 Å². The van der Waals surface area contributed by atoms with Gasteiger partial charge >= 0.3 is 11.8 Å². The summed E-state index contributed by atoms with van der Waals surface area (Å²) in [5.74, 6) is 0.651. The number of benzene rings is 1. The average Bonchev–Trinajstić information content (AvgIpc) is 3.08. The van der Waals surface area contributed by atoms with Crippen molar-refractivity contribution in [3.63, 3.8) is 0 Å². The quantitative estimate of drug-likeness (QED) is 0.762. The largest absolute Gasteiger partial charge is 0.444 e. The van der Waals surface area contributed by atoms with Gasteiger partial charge in [0, 0.05) is 38.3 Å². The van der Waals surface area contributed by atoms with Gasteiger partial charge in [0.25, 0.3) is 0 Å². The van der Waals surface area contributed by atoms with Gasteiger partial charge in [-0.3, -0.25) is 4.57 Å². The number of hydrogen-bond acceptors (Lipinski definition) is 4. The predicted molar refractivity (Wildman–Crippen MR) is 127 cm³/mol. The summed E-state index contributed by atoms with van der Waals surface area (Å²) in [5, 5.41) is 0. The van der Waals surface area contributed by atoms with E-state index in [1.807, 2.05) is 54.5 Å². The molecule has 1 aromatic carbocycles. The number of nitrogens with one attached hydrogen (secondary N) is 1. The Morgan fingerprint density at radius 2 is 1.75 bits per heavy atom. The summed E-state index contributed by atoms with van der Waals surface area (Å²) in [6.45, 7) is 11.7. The number of H-pyrrole nitrogens is 1. The van der Waals surface area contributed by atoms with E-state index in [0.29, 0.717) is 12.0 Å². The Morgan fingerprint density at radius 3 is 2.41 bits per heavy atom. The Morgan fingerprint density at radius 1 is 1.09 bits per heavy atom. The zero-order valence-electron chi connectivity index (χ0n) is 20.0. The molecule has 1 unspecified atom stereocenters. The number of piperidine rings is 2. The van der Waals surface area contributed by atoms with Gasteiger partial charge in [0.2, 0.25) is 0 Å². The lowest BCUT2D eigenvalue weighted by molar-refractivity contribution is 0.0167. The summed E-state index contributed by atoms with van der Waals surface area (Å²) < 4.78 is 7.48. The predicted octanol–water partition coefficient (Wildman–Crippen LogP) is 4.39. The Balaban J connectivity index is 1.26. The van der Waals surface area contributed by atoms with Crippen LogP contribution in [0.3, 0.4) is 0 Å². The van der Waals surface area contributed by atoms with Crippen molar-refractivity contribution < 1.29 is 9.53 Å². The van der Waals surface area contributed by atoms with Gasteiger partial charge in [0.15, 0.2) is 0 Å². The first kappa shape index (κ1) is 22.9. The number of imidazole rings is 1. The molecule has 2 saturated heterocycles. The number of carbonyl (C=O) groups excluding carboxylic acids is 1. The highest BCUT2D eigenvalue weighted by Crippen LogP contribution is 2.29. The zero-order chi connectivity index (χ0) is 22.9. The number of fused-ring (bicyclic) bond motifs is 1. The normalized spacial score (nSPS) is 20.6. The number of para-hydroxylation sites is 2. The van der Waals surface area contributed by atoms with Crippen LogP contribution in [0.4, 0.5) is 4.79 Å². The standard InChI is InChI=1S/C25H38N4O3/c1-18(17-19-9-13-28(14-10-19)24(31)32-25(2,3)4)27-15-11-20(12-16-27)29-22-8-6-5-7-21(22)26-23(29)30/h5-8,18-20H,9-17H2,1-4H3,(H,26,30). The molecule has 0 aliphatic carbocycles. The minimum atomic E-state index is -0.438. The van der Waals surface area contributed by atoms with Crippen LogP contribution in [0, 0.1) is 5.92 Å². The minimum Gasteiger partial charge on any atom is -0.444 e. The van der Waals surface area contributed by atoms with E-state index in [4.69, 9.17) is 4.74 Å².